The molecule has 7 heteroatoms. The number of hydrogen-bond donors (Lipinski definition) is 2. The highest BCUT2D eigenvalue weighted by molar-refractivity contribution is 6.31. The summed E-state index contributed by atoms with van der Waals surface area (Å²) >= 11 is 11.9. The highest BCUT2D eigenvalue weighted by atomic mass is 35.5. The number of carbonyl (C=O) groups is 2. The summed E-state index contributed by atoms with van der Waals surface area (Å²) in [4.78, 5) is 23.6. The van der Waals surface area contributed by atoms with E-state index in [4.69, 9.17) is 33.0 Å². The Morgan fingerprint density at radius 3 is 2.14 bits per heavy atom. The Labute approximate surface area is 177 Å². The van der Waals surface area contributed by atoms with Crippen LogP contribution in [-0.2, 0) is 13.2 Å². The molecule has 0 heterocycles. The molecule has 1 amide bonds. The van der Waals surface area contributed by atoms with Gasteiger partial charge >= 0.3 is 5.97 Å². The maximum Gasteiger partial charge on any atom is 0.335 e. The van der Waals surface area contributed by atoms with Gasteiger partial charge in [-0.2, -0.15) is 0 Å². The van der Waals surface area contributed by atoms with Crippen LogP contribution in [0.2, 0.25) is 10.0 Å². The van der Waals surface area contributed by atoms with E-state index in [-0.39, 0.29) is 24.6 Å². The lowest BCUT2D eigenvalue weighted by molar-refractivity contribution is 0.0696. The average Bonchev–Trinajstić information content (AvgIpc) is 2.72. The predicted octanol–water partition coefficient (Wildman–Crippen LogP) is 5.20. The smallest absolute Gasteiger partial charge is 0.335 e. The first-order chi connectivity index (χ1) is 13.9. The van der Waals surface area contributed by atoms with Gasteiger partial charge < -0.3 is 15.2 Å². The van der Waals surface area contributed by atoms with Gasteiger partial charge in [0.15, 0.2) is 0 Å². The number of rotatable bonds is 7. The molecule has 0 spiro atoms. The van der Waals surface area contributed by atoms with Crippen molar-refractivity contribution < 1.29 is 19.4 Å². The van der Waals surface area contributed by atoms with E-state index in [1.807, 2.05) is 12.1 Å². The second-order valence-electron chi connectivity index (χ2n) is 6.24. The SMILES string of the molecule is O=C(O)c1ccc(CNC(=O)c2cc(Cl)ccc2OCc2ccc(Cl)cc2)cc1. The zero-order chi connectivity index (χ0) is 20.8. The molecule has 0 atom stereocenters. The second kappa shape index (κ2) is 9.45. The lowest BCUT2D eigenvalue weighted by atomic mass is 10.1. The fourth-order valence-corrected chi connectivity index (χ4v) is 2.89. The fourth-order valence-electron chi connectivity index (χ4n) is 2.59. The Hall–Kier alpha value is -3.02. The Bertz CT molecular complexity index is 1020. The van der Waals surface area contributed by atoms with E-state index in [1.54, 1.807) is 42.5 Å². The van der Waals surface area contributed by atoms with Crippen molar-refractivity contribution in [2.75, 3.05) is 0 Å². The number of amides is 1. The van der Waals surface area contributed by atoms with Crippen LogP contribution in [0.25, 0.3) is 0 Å². The van der Waals surface area contributed by atoms with Crippen molar-refractivity contribution in [1.82, 2.24) is 5.32 Å². The summed E-state index contributed by atoms with van der Waals surface area (Å²) in [6, 6.07) is 18.4. The van der Waals surface area contributed by atoms with Crippen LogP contribution in [0.3, 0.4) is 0 Å². The van der Waals surface area contributed by atoms with E-state index >= 15 is 0 Å². The van der Waals surface area contributed by atoms with Crippen molar-refractivity contribution in [3.8, 4) is 5.75 Å². The van der Waals surface area contributed by atoms with E-state index in [9.17, 15) is 9.59 Å². The molecule has 3 aromatic rings. The molecule has 0 aromatic heterocycles. The topological polar surface area (TPSA) is 75.6 Å². The maximum absolute atomic E-state index is 12.7. The quantitative estimate of drug-likeness (QED) is 0.540. The Kier molecular flexibility index (Phi) is 6.75. The van der Waals surface area contributed by atoms with Gasteiger partial charge in [-0.1, -0.05) is 47.5 Å². The van der Waals surface area contributed by atoms with Gasteiger partial charge in [0.2, 0.25) is 0 Å². The van der Waals surface area contributed by atoms with Crippen LogP contribution >= 0.6 is 23.2 Å². The van der Waals surface area contributed by atoms with Crippen LogP contribution in [0.5, 0.6) is 5.75 Å². The first-order valence-corrected chi connectivity index (χ1v) is 9.45. The van der Waals surface area contributed by atoms with Gasteiger partial charge in [-0.25, -0.2) is 4.79 Å². The molecular weight excluding hydrogens is 413 g/mol. The minimum atomic E-state index is -0.998. The van der Waals surface area contributed by atoms with Gasteiger partial charge in [0.1, 0.15) is 12.4 Å². The summed E-state index contributed by atoms with van der Waals surface area (Å²) in [6.07, 6.45) is 0. The van der Waals surface area contributed by atoms with E-state index in [0.717, 1.165) is 11.1 Å². The van der Waals surface area contributed by atoms with Crippen LogP contribution < -0.4 is 10.1 Å². The third-order valence-corrected chi connectivity index (χ3v) is 4.63. The predicted molar refractivity (Wildman–Crippen MR) is 112 cm³/mol. The first-order valence-electron chi connectivity index (χ1n) is 8.69. The molecular formula is C22H17Cl2NO4. The van der Waals surface area contributed by atoms with Gasteiger partial charge in [-0.3, -0.25) is 4.79 Å². The van der Waals surface area contributed by atoms with Crippen molar-refractivity contribution in [3.63, 3.8) is 0 Å². The summed E-state index contributed by atoms with van der Waals surface area (Å²) in [5, 5.41) is 12.8. The Balaban J connectivity index is 1.68. The Morgan fingerprint density at radius 1 is 0.862 bits per heavy atom. The lowest BCUT2D eigenvalue weighted by Crippen LogP contribution is -2.23. The number of carboxylic acids is 1. The number of benzene rings is 3. The molecule has 0 unspecified atom stereocenters. The third-order valence-electron chi connectivity index (χ3n) is 4.15. The summed E-state index contributed by atoms with van der Waals surface area (Å²) < 4.78 is 5.81. The van der Waals surface area contributed by atoms with Gasteiger partial charge in [0.05, 0.1) is 11.1 Å². The number of aromatic carboxylic acids is 1. The Morgan fingerprint density at radius 2 is 1.48 bits per heavy atom. The molecule has 0 saturated carbocycles. The standard InChI is InChI=1S/C22H17Cl2NO4/c23-17-7-3-15(4-8-17)13-29-20-10-9-18(24)11-19(20)21(26)25-12-14-1-5-16(6-2-14)22(27)28/h1-11H,12-13H2,(H,25,26)(H,27,28). The van der Waals surface area contributed by atoms with Crippen molar-refractivity contribution in [2.24, 2.45) is 0 Å². The zero-order valence-corrected chi connectivity index (χ0v) is 16.7. The highest BCUT2D eigenvalue weighted by Crippen LogP contribution is 2.24. The van der Waals surface area contributed by atoms with Crippen molar-refractivity contribution in [3.05, 3.63) is 99.0 Å². The molecule has 0 bridgehead atoms. The second-order valence-corrected chi connectivity index (χ2v) is 7.11. The monoisotopic (exact) mass is 429 g/mol. The minimum Gasteiger partial charge on any atom is -0.488 e. The number of nitrogens with one attached hydrogen (secondary N) is 1. The van der Waals surface area contributed by atoms with Crippen molar-refractivity contribution >= 4 is 35.1 Å². The summed E-state index contributed by atoms with van der Waals surface area (Å²) in [5.74, 6) is -0.939. The molecule has 29 heavy (non-hydrogen) atoms. The zero-order valence-electron chi connectivity index (χ0n) is 15.2. The van der Waals surface area contributed by atoms with E-state index in [0.29, 0.717) is 21.4 Å². The van der Waals surface area contributed by atoms with Gasteiger partial charge in [-0.15, -0.1) is 0 Å². The van der Waals surface area contributed by atoms with E-state index < -0.39 is 5.97 Å². The normalized spacial score (nSPS) is 10.4. The fraction of sp³-hybridized carbons (Fsp3) is 0.0909. The molecule has 2 N–H and O–H groups in total. The van der Waals surface area contributed by atoms with Gasteiger partial charge in [-0.05, 0) is 53.6 Å². The molecule has 0 aliphatic carbocycles. The van der Waals surface area contributed by atoms with Gasteiger partial charge in [0, 0.05) is 16.6 Å². The highest BCUT2D eigenvalue weighted by Gasteiger charge is 2.14. The number of halogens is 2. The minimum absolute atomic E-state index is 0.188. The van der Waals surface area contributed by atoms with Crippen molar-refractivity contribution in [2.45, 2.75) is 13.2 Å². The van der Waals surface area contributed by atoms with Gasteiger partial charge in [0.25, 0.3) is 5.91 Å². The van der Waals surface area contributed by atoms with Crippen LogP contribution in [0.4, 0.5) is 0 Å². The lowest BCUT2D eigenvalue weighted by Gasteiger charge is -2.13. The molecule has 3 aromatic carbocycles. The van der Waals surface area contributed by atoms with Crippen LogP contribution in [0.15, 0.2) is 66.7 Å². The number of carboxylic acid groups (broad SMARTS) is 1. The largest absolute Gasteiger partial charge is 0.488 e. The van der Waals surface area contributed by atoms with Crippen LogP contribution in [0, 0.1) is 0 Å². The molecule has 0 saturated heterocycles. The number of ether oxygens (including phenoxy) is 1. The molecule has 5 nitrogen and oxygen atoms in total. The molecule has 148 valence electrons. The molecule has 3 rings (SSSR count). The van der Waals surface area contributed by atoms with Crippen LogP contribution in [0.1, 0.15) is 31.8 Å². The molecule has 0 radical (unpaired) electrons. The third kappa shape index (κ3) is 5.73. The number of hydrogen-bond acceptors (Lipinski definition) is 3. The molecule has 0 aliphatic rings. The van der Waals surface area contributed by atoms with E-state index in [1.165, 1.54) is 12.1 Å². The van der Waals surface area contributed by atoms with Crippen LogP contribution in [-0.4, -0.2) is 17.0 Å². The maximum atomic E-state index is 12.7. The summed E-state index contributed by atoms with van der Waals surface area (Å²) in [5.41, 5.74) is 2.18. The van der Waals surface area contributed by atoms with Crippen molar-refractivity contribution in [1.29, 1.82) is 0 Å². The average molecular weight is 430 g/mol. The molecule has 0 fully saturated rings. The first kappa shape index (κ1) is 20.7. The molecule has 0 aliphatic heterocycles. The summed E-state index contributed by atoms with van der Waals surface area (Å²) in [6.45, 7) is 0.512. The number of carbonyl (C=O) groups excluding carboxylic acids is 1. The van der Waals surface area contributed by atoms with E-state index in [2.05, 4.69) is 5.32 Å². The summed E-state index contributed by atoms with van der Waals surface area (Å²) in [7, 11) is 0.